The van der Waals surface area contributed by atoms with Gasteiger partial charge in [-0.3, -0.25) is 10.1 Å². The third-order valence-electron chi connectivity index (χ3n) is 3.69. The van der Waals surface area contributed by atoms with E-state index in [-0.39, 0.29) is 17.5 Å². The smallest absolute Gasteiger partial charge is 0.311 e. The fourth-order valence-corrected chi connectivity index (χ4v) is 2.45. The first-order chi connectivity index (χ1) is 12.6. The molecule has 8 nitrogen and oxygen atoms in total. The topological polar surface area (TPSA) is 103 Å². The van der Waals surface area contributed by atoms with Gasteiger partial charge in [-0.1, -0.05) is 23.4 Å². The molecule has 0 amide bonds. The number of nitrogens with zero attached hydrogens (tertiary/aromatic N) is 3. The van der Waals surface area contributed by atoms with Crippen LogP contribution in [-0.4, -0.2) is 21.7 Å². The maximum Gasteiger partial charge on any atom is 0.311 e. The van der Waals surface area contributed by atoms with Crippen molar-refractivity contribution in [2.45, 2.75) is 19.9 Å². The quantitative estimate of drug-likeness (QED) is 0.500. The largest absolute Gasteiger partial charge is 0.487 e. The minimum Gasteiger partial charge on any atom is -0.487 e. The normalized spacial score (nSPS) is 11.8. The summed E-state index contributed by atoms with van der Waals surface area (Å²) < 4.78 is 10.7. The second-order valence-corrected chi connectivity index (χ2v) is 5.56. The molecule has 1 aromatic heterocycles. The number of aromatic nitrogens is 2. The van der Waals surface area contributed by atoms with E-state index in [1.54, 1.807) is 19.1 Å². The van der Waals surface area contributed by atoms with Crippen molar-refractivity contribution < 1.29 is 14.2 Å². The van der Waals surface area contributed by atoms with Gasteiger partial charge < -0.3 is 14.6 Å². The van der Waals surface area contributed by atoms with Gasteiger partial charge in [-0.2, -0.15) is 4.98 Å². The molecule has 2 aromatic carbocycles. The Bertz CT molecular complexity index is 895. The van der Waals surface area contributed by atoms with E-state index in [1.165, 1.54) is 6.07 Å². The zero-order chi connectivity index (χ0) is 18.5. The summed E-state index contributed by atoms with van der Waals surface area (Å²) in [5, 5.41) is 18.3. The predicted molar refractivity (Wildman–Crippen MR) is 96.0 cm³/mol. The van der Waals surface area contributed by atoms with Crippen molar-refractivity contribution in [1.82, 2.24) is 10.1 Å². The fraction of sp³-hybridized carbons (Fsp3) is 0.222. The molecule has 1 atom stereocenters. The third kappa shape index (κ3) is 3.80. The van der Waals surface area contributed by atoms with Gasteiger partial charge in [-0.25, -0.2) is 0 Å². The van der Waals surface area contributed by atoms with Crippen LogP contribution < -0.4 is 10.1 Å². The highest BCUT2D eigenvalue weighted by atomic mass is 16.6. The van der Waals surface area contributed by atoms with E-state index in [9.17, 15) is 10.1 Å². The summed E-state index contributed by atoms with van der Waals surface area (Å²) in [5.41, 5.74) is 1.43. The number of nitrogens with one attached hydrogen (secondary N) is 1. The lowest BCUT2D eigenvalue weighted by Crippen LogP contribution is -2.09. The number of hydrogen-bond donors (Lipinski definition) is 1. The molecule has 8 heteroatoms. The highest BCUT2D eigenvalue weighted by Crippen LogP contribution is 2.31. The van der Waals surface area contributed by atoms with Gasteiger partial charge in [0.15, 0.2) is 11.6 Å². The van der Waals surface area contributed by atoms with Gasteiger partial charge in [0.1, 0.15) is 0 Å². The summed E-state index contributed by atoms with van der Waals surface area (Å²) in [6, 6.07) is 13.8. The first-order valence-corrected chi connectivity index (χ1v) is 8.15. The SMILES string of the molecule is CCOc1cc(NC(C)c2noc(-c3ccccc3)n2)ccc1[N+](=O)[O-]. The van der Waals surface area contributed by atoms with Crippen molar-refractivity contribution >= 4 is 11.4 Å². The van der Waals surface area contributed by atoms with Crippen molar-refractivity contribution in [3.8, 4) is 17.2 Å². The van der Waals surface area contributed by atoms with Gasteiger partial charge in [0.05, 0.1) is 17.6 Å². The summed E-state index contributed by atoms with van der Waals surface area (Å²) in [5.74, 6) is 1.14. The number of rotatable bonds is 7. The minimum atomic E-state index is -0.469. The Balaban J connectivity index is 1.78. The molecule has 26 heavy (non-hydrogen) atoms. The lowest BCUT2D eigenvalue weighted by atomic mass is 10.2. The molecule has 0 saturated heterocycles. The lowest BCUT2D eigenvalue weighted by Gasteiger charge is -2.13. The van der Waals surface area contributed by atoms with Gasteiger partial charge >= 0.3 is 5.69 Å². The van der Waals surface area contributed by atoms with Gasteiger partial charge in [0.2, 0.25) is 0 Å². The molecule has 1 unspecified atom stereocenters. The van der Waals surface area contributed by atoms with Crippen LogP contribution >= 0.6 is 0 Å². The molecule has 0 fully saturated rings. The maximum atomic E-state index is 11.1. The van der Waals surface area contributed by atoms with Crippen LogP contribution in [0.25, 0.3) is 11.5 Å². The van der Waals surface area contributed by atoms with Crippen molar-refractivity contribution in [3.63, 3.8) is 0 Å². The summed E-state index contributed by atoms with van der Waals surface area (Å²) in [6.07, 6.45) is 0. The first-order valence-electron chi connectivity index (χ1n) is 8.15. The minimum absolute atomic E-state index is 0.0732. The number of nitro groups is 1. The molecular weight excluding hydrogens is 336 g/mol. The highest BCUT2D eigenvalue weighted by Gasteiger charge is 2.18. The van der Waals surface area contributed by atoms with Crippen LogP contribution in [-0.2, 0) is 0 Å². The van der Waals surface area contributed by atoms with Crippen molar-refractivity contribution in [2.75, 3.05) is 11.9 Å². The molecule has 0 bridgehead atoms. The Hall–Kier alpha value is -3.42. The Morgan fingerprint density at radius 2 is 2.04 bits per heavy atom. The molecule has 0 aliphatic rings. The standard InChI is InChI=1S/C18H18N4O4/c1-3-25-16-11-14(9-10-15(16)22(23)24)19-12(2)17-20-18(26-21-17)13-7-5-4-6-8-13/h4-12,19H,3H2,1-2H3. The second kappa shape index (κ2) is 7.64. The average Bonchev–Trinajstić information content (AvgIpc) is 3.13. The number of benzene rings is 2. The first kappa shape index (κ1) is 17.4. The van der Waals surface area contributed by atoms with Crippen LogP contribution in [0.3, 0.4) is 0 Å². The maximum absolute atomic E-state index is 11.1. The molecule has 0 radical (unpaired) electrons. The van der Waals surface area contributed by atoms with Crippen LogP contribution in [0.4, 0.5) is 11.4 Å². The Kier molecular flexibility index (Phi) is 5.12. The molecule has 1 N–H and O–H groups in total. The van der Waals surface area contributed by atoms with E-state index in [0.717, 1.165) is 5.56 Å². The molecule has 0 aliphatic carbocycles. The van der Waals surface area contributed by atoms with Crippen molar-refractivity contribution in [2.24, 2.45) is 0 Å². The van der Waals surface area contributed by atoms with Gasteiger partial charge in [-0.05, 0) is 32.0 Å². The molecule has 3 aromatic rings. The van der Waals surface area contributed by atoms with Crippen molar-refractivity contribution in [1.29, 1.82) is 0 Å². The molecule has 1 heterocycles. The average molecular weight is 354 g/mol. The van der Waals surface area contributed by atoms with Crippen LogP contribution in [0.15, 0.2) is 53.1 Å². The van der Waals surface area contributed by atoms with Crippen molar-refractivity contribution in [3.05, 3.63) is 64.5 Å². The second-order valence-electron chi connectivity index (χ2n) is 5.56. The van der Waals surface area contributed by atoms with E-state index in [0.29, 0.717) is 24.0 Å². The van der Waals surface area contributed by atoms with Crippen LogP contribution in [0.1, 0.15) is 25.7 Å². The monoisotopic (exact) mass is 354 g/mol. The summed E-state index contributed by atoms with van der Waals surface area (Å²) in [7, 11) is 0. The van der Waals surface area contributed by atoms with E-state index < -0.39 is 4.92 Å². The zero-order valence-electron chi connectivity index (χ0n) is 14.4. The van der Waals surface area contributed by atoms with E-state index in [2.05, 4.69) is 15.5 Å². The number of nitro benzene ring substituents is 1. The number of anilines is 1. The summed E-state index contributed by atoms with van der Waals surface area (Å²) in [4.78, 5) is 15.0. The number of ether oxygens (including phenoxy) is 1. The fourth-order valence-electron chi connectivity index (χ4n) is 2.45. The Morgan fingerprint density at radius 3 is 2.73 bits per heavy atom. The van der Waals surface area contributed by atoms with Crippen LogP contribution in [0, 0.1) is 10.1 Å². The predicted octanol–water partition coefficient (Wildman–Crippen LogP) is 4.22. The zero-order valence-corrected chi connectivity index (χ0v) is 14.4. The molecule has 0 aliphatic heterocycles. The van der Waals surface area contributed by atoms with Crippen LogP contribution in [0.5, 0.6) is 5.75 Å². The van der Waals surface area contributed by atoms with Gasteiger partial charge in [-0.15, -0.1) is 0 Å². The molecule has 134 valence electrons. The van der Waals surface area contributed by atoms with Crippen LogP contribution in [0.2, 0.25) is 0 Å². The van der Waals surface area contributed by atoms with Gasteiger partial charge in [0, 0.05) is 23.4 Å². The van der Waals surface area contributed by atoms with E-state index in [4.69, 9.17) is 9.26 Å². The van der Waals surface area contributed by atoms with Gasteiger partial charge in [0.25, 0.3) is 5.89 Å². The van der Waals surface area contributed by atoms with E-state index >= 15 is 0 Å². The molecule has 0 saturated carbocycles. The van der Waals surface area contributed by atoms with E-state index in [1.807, 2.05) is 37.3 Å². The molecular formula is C18H18N4O4. The highest BCUT2D eigenvalue weighted by molar-refractivity contribution is 5.58. The Morgan fingerprint density at radius 1 is 1.27 bits per heavy atom. The summed E-state index contributed by atoms with van der Waals surface area (Å²) in [6.45, 7) is 3.99. The third-order valence-corrected chi connectivity index (χ3v) is 3.69. The molecule has 0 spiro atoms. The lowest BCUT2D eigenvalue weighted by molar-refractivity contribution is -0.385. The summed E-state index contributed by atoms with van der Waals surface area (Å²) >= 11 is 0. The molecule has 3 rings (SSSR count). The Labute approximate surface area is 150 Å². The number of hydrogen-bond acceptors (Lipinski definition) is 7.